The van der Waals surface area contributed by atoms with Gasteiger partial charge in [0.25, 0.3) is 11.5 Å². The Morgan fingerprint density at radius 1 is 1.20 bits per heavy atom. The Hall–Kier alpha value is -3.68. The normalized spacial score (nSPS) is 10.2. The van der Waals surface area contributed by atoms with Crippen molar-refractivity contribution < 1.29 is 4.79 Å². The number of aromatic amines is 1. The van der Waals surface area contributed by atoms with Crippen LogP contribution in [0.25, 0.3) is 0 Å². The van der Waals surface area contributed by atoms with E-state index in [2.05, 4.69) is 25.6 Å². The summed E-state index contributed by atoms with van der Waals surface area (Å²) >= 11 is 0. The molecule has 0 bridgehead atoms. The van der Waals surface area contributed by atoms with Crippen LogP contribution in [-0.2, 0) is 6.54 Å². The minimum Gasteiger partial charge on any atom is -0.382 e. The van der Waals surface area contributed by atoms with E-state index in [0.717, 1.165) is 17.4 Å². The third-order valence-corrected chi connectivity index (χ3v) is 3.41. The molecule has 1 aromatic carbocycles. The minimum absolute atomic E-state index is 0.131. The van der Waals surface area contributed by atoms with Gasteiger partial charge in [0, 0.05) is 24.6 Å². The van der Waals surface area contributed by atoms with E-state index in [9.17, 15) is 9.59 Å². The number of aromatic nitrogens is 3. The molecule has 3 aromatic rings. The maximum atomic E-state index is 12.1. The van der Waals surface area contributed by atoms with Gasteiger partial charge in [0.1, 0.15) is 11.5 Å². The maximum absolute atomic E-state index is 12.1. The number of nitrogens with zero attached hydrogens (tertiary/aromatic N) is 2. The summed E-state index contributed by atoms with van der Waals surface area (Å²) in [5, 5.41) is 5.93. The molecule has 0 saturated carbocycles. The van der Waals surface area contributed by atoms with Crippen LogP contribution in [0, 0.1) is 0 Å². The van der Waals surface area contributed by atoms with Crippen molar-refractivity contribution in [3.63, 3.8) is 0 Å². The second-order valence-electron chi connectivity index (χ2n) is 5.24. The Bertz CT molecular complexity index is 933. The first-order valence-electron chi connectivity index (χ1n) is 7.51. The number of hydrogen-bond donors (Lipinski definition) is 4. The number of nitrogen functional groups attached to an aromatic ring is 1. The van der Waals surface area contributed by atoms with Crippen LogP contribution in [0.2, 0.25) is 0 Å². The van der Waals surface area contributed by atoms with Gasteiger partial charge in [-0.3, -0.25) is 9.59 Å². The van der Waals surface area contributed by atoms with Gasteiger partial charge >= 0.3 is 0 Å². The molecule has 0 aliphatic carbocycles. The Kier molecular flexibility index (Phi) is 4.70. The number of rotatable bonds is 5. The fourth-order valence-electron chi connectivity index (χ4n) is 2.18. The van der Waals surface area contributed by atoms with Gasteiger partial charge in [-0.2, -0.15) is 0 Å². The fraction of sp³-hybridized carbons (Fsp3) is 0.0588. The number of hydrogen-bond acceptors (Lipinski definition) is 6. The van der Waals surface area contributed by atoms with E-state index in [4.69, 9.17) is 5.73 Å². The van der Waals surface area contributed by atoms with Gasteiger partial charge in [-0.1, -0.05) is 12.1 Å². The molecule has 5 N–H and O–H groups in total. The van der Waals surface area contributed by atoms with E-state index in [1.54, 1.807) is 18.3 Å². The number of pyridine rings is 1. The Morgan fingerprint density at radius 2 is 2.08 bits per heavy atom. The number of amides is 1. The predicted octanol–water partition coefficient (Wildman–Crippen LogP) is 1.61. The zero-order valence-electron chi connectivity index (χ0n) is 13.2. The van der Waals surface area contributed by atoms with Gasteiger partial charge in [-0.05, 0) is 29.8 Å². The van der Waals surface area contributed by atoms with Gasteiger partial charge < -0.3 is 21.4 Å². The van der Waals surface area contributed by atoms with Crippen molar-refractivity contribution in [3.05, 3.63) is 76.6 Å². The number of H-pyrrole nitrogens is 1. The second kappa shape index (κ2) is 7.26. The van der Waals surface area contributed by atoms with Crippen molar-refractivity contribution in [2.75, 3.05) is 16.4 Å². The summed E-state index contributed by atoms with van der Waals surface area (Å²) in [6, 6.07) is 11.0. The van der Waals surface area contributed by atoms with E-state index in [1.165, 1.54) is 6.20 Å². The molecule has 0 spiro atoms. The molecule has 1 amide bonds. The third-order valence-electron chi connectivity index (χ3n) is 3.41. The Labute approximate surface area is 143 Å². The largest absolute Gasteiger partial charge is 0.382 e. The molecule has 126 valence electrons. The molecule has 0 radical (unpaired) electrons. The van der Waals surface area contributed by atoms with E-state index in [-0.39, 0.29) is 11.3 Å². The lowest BCUT2D eigenvalue weighted by Crippen LogP contribution is -2.17. The number of carbonyl (C=O) groups excluding carboxylic acids is 1. The fourth-order valence-corrected chi connectivity index (χ4v) is 2.18. The zero-order chi connectivity index (χ0) is 17.6. The molecule has 3 rings (SSSR count). The van der Waals surface area contributed by atoms with Crippen LogP contribution in [0.1, 0.15) is 16.1 Å². The molecule has 0 aliphatic rings. The van der Waals surface area contributed by atoms with E-state index in [0.29, 0.717) is 18.1 Å². The average Bonchev–Trinajstić information content (AvgIpc) is 2.62. The van der Waals surface area contributed by atoms with Crippen molar-refractivity contribution in [2.45, 2.75) is 6.54 Å². The first-order chi connectivity index (χ1) is 12.1. The third kappa shape index (κ3) is 4.20. The molecular formula is C17H16N6O2. The summed E-state index contributed by atoms with van der Waals surface area (Å²) in [4.78, 5) is 33.3. The van der Waals surface area contributed by atoms with E-state index < -0.39 is 5.91 Å². The zero-order valence-corrected chi connectivity index (χ0v) is 13.2. The number of anilines is 3. The molecular weight excluding hydrogens is 320 g/mol. The summed E-state index contributed by atoms with van der Waals surface area (Å²) in [6.07, 6.45) is 3.96. The minimum atomic E-state index is -0.405. The number of benzene rings is 1. The Balaban J connectivity index is 1.67. The van der Waals surface area contributed by atoms with Gasteiger partial charge in [0.05, 0.1) is 11.9 Å². The SMILES string of the molecule is Nc1ncccc1NCc1cccc(NC(=O)c2c[nH]c(=O)cn2)c1. The molecule has 25 heavy (non-hydrogen) atoms. The summed E-state index contributed by atoms with van der Waals surface area (Å²) in [5.41, 5.74) is 7.88. The molecule has 0 unspecified atom stereocenters. The van der Waals surface area contributed by atoms with Crippen molar-refractivity contribution in [1.82, 2.24) is 15.0 Å². The molecule has 0 atom stereocenters. The summed E-state index contributed by atoms with van der Waals surface area (Å²) in [6.45, 7) is 0.524. The van der Waals surface area contributed by atoms with Crippen LogP contribution in [0.15, 0.2) is 59.8 Å². The van der Waals surface area contributed by atoms with Crippen molar-refractivity contribution in [1.29, 1.82) is 0 Å². The van der Waals surface area contributed by atoms with Crippen LogP contribution in [0.4, 0.5) is 17.2 Å². The summed E-state index contributed by atoms with van der Waals surface area (Å²) in [5.74, 6) is 0.0222. The molecule has 0 fully saturated rings. The average molecular weight is 336 g/mol. The standard InChI is InChI=1S/C17H16N6O2/c18-16-13(5-2-6-19-16)20-8-11-3-1-4-12(7-11)23-17(25)14-9-22-15(24)10-21-14/h1-7,9-10,20H,8H2,(H2,18,19)(H,22,24)(H,23,25). The quantitative estimate of drug-likeness (QED) is 0.561. The highest BCUT2D eigenvalue weighted by atomic mass is 16.2. The number of nitrogens with two attached hydrogens (primary N) is 1. The van der Waals surface area contributed by atoms with Crippen molar-refractivity contribution >= 4 is 23.1 Å². The monoisotopic (exact) mass is 336 g/mol. The van der Waals surface area contributed by atoms with Crippen LogP contribution >= 0.6 is 0 Å². The van der Waals surface area contributed by atoms with Gasteiger partial charge in [-0.15, -0.1) is 0 Å². The van der Waals surface area contributed by atoms with Gasteiger partial charge in [0.2, 0.25) is 0 Å². The van der Waals surface area contributed by atoms with E-state index >= 15 is 0 Å². The second-order valence-corrected chi connectivity index (χ2v) is 5.24. The van der Waals surface area contributed by atoms with Crippen molar-refractivity contribution in [2.24, 2.45) is 0 Å². The lowest BCUT2D eigenvalue weighted by molar-refractivity contribution is 0.102. The highest BCUT2D eigenvalue weighted by molar-refractivity contribution is 6.02. The van der Waals surface area contributed by atoms with Crippen LogP contribution < -0.4 is 21.9 Å². The first kappa shape index (κ1) is 16.2. The van der Waals surface area contributed by atoms with Crippen molar-refractivity contribution in [3.8, 4) is 0 Å². The molecule has 2 aromatic heterocycles. The molecule has 8 heteroatoms. The van der Waals surface area contributed by atoms with Crippen LogP contribution in [0.5, 0.6) is 0 Å². The summed E-state index contributed by atoms with van der Waals surface area (Å²) < 4.78 is 0. The highest BCUT2D eigenvalue weighted by Gasteiger charge is 2.08. The predicted molar refractivity (Wildman–Crippen MR) is 95.2 cm³/mol. The lowest BCUT2D eigenvalue weighted by Gasteiger charge is -2.10. The summed E-state index contributed by atoms with van der Waals surface area (Å²) in [7, 11) is 0. The van der Waals surface area contributed by atoms with Gasteiger partial charge in [0.15, 0.2) is 0 Å². The molecule has 0 saturated heterocycles. The van der Waals surface area contributed by atoms with E-state index in [1.807, 2.05) is 24.3 Å². The molecule has 0 aliphatic heterocycles. The maximum Gasteiger partial charge on any atom is 0.275 e. The van der Waals surface area contributed by atoms with Crippen LogP contribution in [0.3, 0.4) is 0 Å². The molecule has 2 heterocycles. The highest BCUT2D eigenvalue weighted by Crippen LogP contribution is 2.17. The Morgan fingerprint density at radius 3 is 2.84 bits per heavy atom. The van der Waals surface area contributed by atoms with Crippen LogP contribution in [-0.4, -0.2) is 20.9 Å². The topological polar surface area (TPSA) is 126 Å². The lowest BCUT2D eigenvalue weighted by atomic mass is 10.2. The smallest absolute Gasteiger partial charge is 0.275 e. The first-order valence-corrected chi connectivity index (χ1v) is 7.51. The van der Waals surface area contributed by atoms with Gasteiger partial charge in [-0.25, -0.2) is 9.97 Å². The number of carbonyl (C=O) groups is 1. The number of nitrogens with one attached hydrogen (secondary N) is 3. The molecule has 8 nitrogen and oxygen atoms in total.